The second kappa shape index (κ2) is 52.2. The number of aromatic amines is 1. The number of phenolic OH excluding ortho intramolecular Hbond substituents is 1. The third-order valence-electron chi connectivity index (χ3n) is 19.3. The minimum atomic E-state index is -1.86. The first-order valence-corrected chi connectivity index (χ1v) is 39.1. The number of nitrogens with zero attached hydrogens (tertiary/aromatic N) is 2. The molecule has 2 rings (SSSR count). The average molecular weight is 1690 g/mol. The number of aliphatic hydroxyl groups excluding tert-OH is 3. The van der Waals surface area contributed by atoms with E-state index in [4.69, 9.17) is 34.4 Å². The minimum Gasteiger partial charge on any atom is -0.508 e. The maximum atomic E-state index is 14.4. The van der Waals surface area contributed by atoms with Gasteiger partial charge in [-0.1, -0.05) is 72.9 Å². The molecule has 16 amide bonds. The topological polar surface area (TPSA) is 757 Å². The molecule has 0 unspecified atom stereocenters. The normalized spacial score (nSPS) is 16.2. The van der Waals surface area contributed by atoms with Gasteiger partial charge in [-0.15, -0.1) is 0 Å². The van der Waals surface area contributed by atoms with Crippen LogP contribution in [0.3, 0.4) is 0 Å². The van der Waals surface area contributed by atoms with Gasteiger partial charge in [-0.25, -0.2) is 9.78 Å². The van der Waals surface area contributed by atoms with Crippen LogP contribution in [0.25, 0.3) is 0 Å². The van der Waals surface area contributed by atoms with Gasteiger partial charge >= 0.3 is 5.97 Å². The maximum Gasteiger partial charge on any atom is 0.326 e. The smallest absolute Gasteiger partial charge is 0.326 e. The zero-order valence-electron chi connectivity index (χ0n) is 68.9. The van der Waals surface area contributed by atoms with Crippen LogP contribution in [0.15, 0.2) is 41.8 Å². The number of amides is 16. The number of rotatable bonds is 55. The van der Waals surface area contributed by atoms with Crippen molar-refractivity contribution in [1.29, 1.82) is 0 Å². The Morgan fingerprint density at radius 2 is 0.840 bits per heavy atom. The summed E-state index contributed by atoms with van der Waals surface area (Å²) in [7, 11) is 0. The van der Waals surface area contributed by atoms with Gasteiger partial charge in [-0.2, -0.15) is 0 Å². The van der Waals surface area contributed by atoms with Crippen LogP contribution >= 0.6 is 0 Å². The summed E-state index contributed by atoms with van der Waals surface area (Å²) in [6.07, 6.45) is -3.58. The van der Waals surface area contributed by atoms with Crippen molar-refractivity contribution in [1.82, 2.24) is 84.4 Å². The van der Waals surface area contributed by atoms with Crippen molar-refractivity contribution in [3.8, 4) is 5.75 Å². The number of carbonyl (C=O) groups is 17. The van der Waals surface area contributed by atoms with Crippen molar-refractivity contribution in [3.05, 3.63) is 48.0 Å². The number of aromatic hydroxyl groups is 1. The van der Waals surface area contributed by atoms with E-state index in [-0.39, 0.29) is 82.6 Å². The van der Waals surface area contributed by atoms with Gasteiger partial charge in [-0.3, -0.25) is 81.7 Å². The number of hydrogen-bond acceptors (Lipinski definition) is 25. The molecule has 0 aliphatic carbocycles. The molecule has 0 fully saturated rings. The first kappa shape index (κ1) is 103. The third-order valence-corrected chi connectivity index (χ3v) is 19.3. The molecule has 0 radical (unpaired) electrons. The Bertz CT molecular complexity index is 3770. The van der Waals surface area contributed by atoms with Crippen LogP contribution in [0, 0.1) is 17.8 Å². The number of hydrogen-bond donors (Lipinski definition) is 26. The molecule has 666 valence electrons. The van der Waals surface area contributed by atoms with E-state index >= 15 is 0 Å². The molecule has 1 aromatic carbocycles. The monoisotopic (exact) mass is 1690 g/mol. The number of aliphatic carboxylic acids is 1. The van der Waals surface area contributed by atoms with Gasteiger partial charge < -0.3 is 139 Å². The lowest BCUT2D eigenvalue weighted by Gasteiger charge is -2.30. The van der Waals surface area contributed by atoms with Crippen LogP contribution in [0.4, 0.5) is 0 Å². The number of unbranched alkanes of at least 4 members (excludes halogenated alkanes) is 1. The Morgan fingerprint density at radius 3 is 1.29 bits per heavy atom. The highest BCUT2D eigenvalue weighted by Crippen LogP contribution is 2.17. The highest BCUT2D eigenvalue weighted by Gasteiger charge is 2.41. The first-order chi connectivity index (χ1) is 55.8. The van der Waals surface area contributed by atoms with Crippen molar-refractivity contribution in [2.75, 3.05) is 19.6 Å². The molecular weight excluding hydrogens is 1560 g/mol. The molecule has 0 bridgehead atoms. The predicted molar refractivity (Wildman–Crippen MR) is 428 cm³/mol. The van der Waals surface area contributed by atoms with Gasteiger partial charge in [-0.05, 0) is 122 Å². The van der Waals surface area contributed by atoms with E-state index in [1.54, 1.807) is 41.5 Å². The van der Waals surface area contributed by atoms with E-state index in [9.17, 15) is 107 Å². The molecular formula is C74H123N23O22. The summed E-state index contributed by atoms with van der Waals surface area (Å²) < 4.78 is 0. The summed E-state index contributed by atoms with van der Waals surface area (Å²) in [4.78, 5) is 242. The van der Waals surface area contributed by atoms with Crippen molar-refractivity contribution >= 4 is 106 Å². The number of benzene rings is 1. The van der Waals surface area contributed by atoms with E-state index in [2.05, 4.69) is 89.4 Å². The van der Waals surface area contributed by atoms with Gasteiger partial charge in [0.05, 0.1) is 43.6 Å². The Balaban J connectivity index is 2.34. The fraction of sp³-hybridized carbons (Fsp3) is 0.635. The molecule has 0 saturated carbocycles. The predicted octanol–water partition coefficient (Wildman–Crippen LogP) is -8.62. The molecule has 32 N–H and O–H groups in total. The average Bonchev–Trinajstić information content (AvgIpc) is 1.20. The van der Waals surface area contributed by atoms with Gasteiger partial charge in [0.15, 0.2) is 5.96 Å². The SMILES string of the molecule is CC[C@H](C)[C@H](NC(=O)[C@H](CC(N)=O)NC(=O)[C@H](CCCCN)NC(=O)[C@@H](NC(=O)[C@@H](NC(=O)[C@@H](N)Cc1ccc(O)cc1)[C@@H](C)O)[C@@H](C)O)C(=O)N[C@H](C(=O)NCC(=O)N[C@H](C(=O)N[C@H](C(=O)N[C@@H](CCCN=C(N)N)C(=O)N[C@@H](C)C(=O)N[C@@H](CCC(N)=O)C(=O)N[C@@H](C)C(=O)N[C@@H](Cc1cnc[nH]1)C(=O)O)[C@@H](C)CC)[C@@H](C)O)[C@@H](C)CC. The number of carboxylic acids is 1. The summed E-state index contributed by atoms with van der Waals surface area (Å²) in [5.74, 6) is -20.4. The second-order valence-corrected chi connectivity index (χ2v) is 29.3. The second-order valence-electron chi connectivity index (χ2n) is 29.3. The number of nitrogens with two attached hydrogens (primary N) is 6. The first-order valence-electron chi connectivity index (χ1n) is 39.1. The number of carboxylic acid groups (broad SMARTS) is 1. The Hall–Kier alpha value is -11.7. The molecule has 119 heavy (non-hydrogen) atoms. The van der Waals surface area contributed by atoms with Crippen molar-refractivity contribution in [2.24, 2.45) is 57.1 Å². The lowest BCUT2D eigenvalue weighted by Crippen LogP contribution is -2.63. The molecule has 20 atom stereocenters. The van der Waals surface area contributed by atoms with E-state index in [1.807, 2.05) is 0 Å². The van der Waals surface area contributed by atoms with Gasteiger partial charge in [0.1, 0.15) is 84.3 Å². The van der Waals surface area contributed by atoms with E-state index in [0.29, 0.717) is 17.7 Å². The van der Waals surface area contributed by atoms with Gasteiger partial charge in [0.2, 0.25) is 94.5 Å². The highest BCUT2D eigenvalue weighted by atomic mass is 16.4. The van der Waals surface area contributed by atoms with E-state index < -0.39 is 247 Å². The molecule has 0 saturated heterocycles. The molecule has 1 aromatic heterocycles. The van der Waals surface area contributed by atoms with Crippen molar-refractivity contribution in [3.63, 3.8) is 0 Å². The quantitative estimate of drug-likeness (QED) is 0.0166. The number of nitrogens with one attached hydrogen (secondary N) is 15. The Morgan fingerprint density at radius 1 is 0.445 bits per heavy atom. The van der Waals surface area contributed by atoms with Crippen LogP contribution in [0.5, 0.6) is 5.75 Å². The lowest BCUT2D eigenvalue weighted by atomic mass is 9.94. The standard InChI is InChI=1S/C74H123N23O22/c1-12-34(4)54(94-69(114)56(36(6)14-3)93-66(111)49(30-52(78)103)90-65(110)46(18-15-16-26-75)89-70(115)58(40(10)99)97-72(117)59(41(11)100)96-62(107)45(76)28-42-20-22-44(101)23-21-42)67(112)83-32-53(104)92-57(39(9)98)71(116)95-55(35(5)13-2)68(113)88-47(19-17-27-82-74(79)80)63(108)85-37(7)60(105)87-48(24-25-51(77)102)64(109)86-38(8)61(106)91-50(73(118)119)29-43-31-81-33-84-43/h20-23,31,33-41,45-50,54-59,98-101H,12-19,24-30,32,75-76H2,1-11H3,(H2,77,102)(H2,78,103)(H,81,84)(H,83,112)(H,85,108)(H,86,109)(H,87,105)(H,88,113)(H,89,115)(H,90,110)(H,91,106)(H,92,104)(H,93,111)(H,94,114)(H,95,116)(H,96,107)(H,97,117)(H,118,119)(H4,79,80,82)/t34-,35-,36-,37-,38-,39+,40+,41+,45-,46-,47-,48-,49-,50-,54-,55-,56-,57-,58-,59-/m0/s1. The molecule has 45 nitrogen and oxygen atoms in total. The molecule has 1 heterocycles. The number of guanidine groups is 1. The van der Waals surface area contributed by atoms with Crippen LogP contribution in [-0.2, 0) is 94.3 Å². The molecule has 0 spiro atoms. The fourth-order valence-electron chi connectivity index (χ4n) is 11.5. The highest BCUT2D eigenvalue weighted by molar-refractivity contribution is 6.01. The number of H-pyrrole nitrogens is 1. The number of primary amides is 2. The zero-order valence-corrected chi connectivity index (χ0v) is 68.9. The van der Waals surface area contributed by atoms with Gasteiger partial charge in [0.25, 0.3) is 0 Å². The third kappa shape index (κ3) is 36.8. The molecule has 0 aliphatic rings. The number of carbonyl (C=O) groups excluding carboxylic acids is 16. The minimum absolute atomic E-state index is 0.0314. The summed E-state index contributed by atoms with van der Waals surface area (Å²) >= 11 is 0. The summed E-state index contributed by atoms with van der Waals surface area (Å²) in [6.45, 7) is 14.7. The lowest BCUT2D eigenvalue weighted by molar-refractivity contribution is -0.142. The van der Waals surface area contributed by atoms with Crippen LogP contribution in [-0.4, -0.2) is 264 Å². The number of aliphatic imine (C=N–C) groups is 1. The number of aliphatic hydroxyl groups is 3. The van der Waals surface area contributed by atoms with Crippen molar-refractivity contribution < 1.29 is 107 Å². The molecule has 2 aromatic rings. The largest absolute Gasteiger partial charge is 0.508 e. The van der Waals surface area contributed by atoms with Gasteiger partial charge in [0, 0.05) is 31.3 Å². The van der Waals surface area contributed by atoms with E-state index in [0.717, 1.165) is 20.8 Å². The zero-order chi connectivity index (χ0) is 90.2. The summed E-state index contributed by atoms with van der Waals surface area (Å²) in [5, 5.41) is 85.5. The van der Waals surface area contributed by atoms with Crippen LogP contribution < -0.4 is 109 Å². The summed E-state index contributed by atoms with van der Waals surface area (Å²) in [5.41, 5.74) is 34.7. The van der Waals surface area contributed by atoms with Crippen LogP contribution in [0.1, 0.15) is 158 Å². The van der Waals surface area contributed by atoms with Crippen molar-refractivity contribution in [2.45, 2.75) is 263 Å². The number of phenols is 1. The molecule has 0 aliphatic heterocycles. The summed E-state index contributed by atoms with van der Waals surface area (Å²) in [6, 6.07) is -16.3. The molecule has 45 heteroatoms. The maximum absolute atomic E-state index is 14.4. The Kier molecular flexibility index (Phi) is 45.3. The fourth-order valence-corrected chi connectivity index (χ4v) is 11.5. The number of aromatic nitrogens is 2. The Labute approximate surface area is 688 Å². The van der Waals surface area contributed by atoms with Crippen LogP contribution in [0.2, 0.25) is 0 Å². The number of imidazole rings is 1. The van der Waals surface area contributed by atoms with E-state index in [1.165, 1.54) is 50.6 Å².